The van der Waals surface area contributed by atoms with Crippen LogP contribution >= 0.6 is 0 Å². The molecule has 0 saturated heterocycles. The predicted molar refractivity (Wildman–Crippen MR) is 132 cm³/mol. The van der Waals surface area contributed by atoms with Crippen LogP contribution < -0.4 is 21.7 Å². The van der Waals surface area contributed by atoms with Crippen molar-refractivity contribution < 1.29 is 19.7 Å². The van der Waals surface area contributed by atoms with Crippen molar-refractivity contribution >= 4 is 17.8 Å². The van der Waals surface area contributed by atoms with E-state index in [4.69, 9.17) is 5.73 Å². The first-order valence-corrected chi connectivity index (χ1v) is 11.4. The second-order valence-electron chi connectivity index (χ2n) is 7.99. The van der Waals surface area contributed by atoms with Crippen LogP contribution in [0.5, 0.6) is 5.75 Å². The summed E-state index contributed by atoms with van der Waals surface area (Å²) in [4.78, 5) is 35.6. The molecule has 0 aliphatic carbocycles. The number of nitrogens with zero attached hydrogens (tertiary/aromatic N) is 2. The number of hydrogen-bond acceptors (Lipinski definition) is 5. The number of amides is 2. The highest BCUT2D eigenvalue weighted by Gasteiger charge is 2.20. The predicted octanol–water partition coefficient (Wildman–Crippen LogP) is 1.78. The normalized spacial score (nSPS) is 11.9. The van der Waals surface area contributed by atoms with E-state index in [0.29, 0.717) is 25.7 Å². The van der Waals surface area contributed by atoms with Gasteiger partial charge < -0.3 is 26.8 Å². The number of unbranched alkanes of at least 4 members (excludes halogenated alkanes) is 1. The number of nitrogens with two attached hydrogens (primary N) is 1. The van der Waals surface area contributed by atoms with Gasteiger partial charge in [0.2, 0.25) is 11.8 Å². The SMILES string of the molecule is N/C(=N/[N+](=O)[O-])NCCC[C@@H](NC(=O)CCCCc1ccccc1)C(=O)NCc1ccc(O)cc1. The minimum atomic E-state index is -0.903. The Kier molecular flexibility index (Phi) is 11.5. The van der Waals surface area contributed by atoms with Gasteiger partial charge in [0.15, 0.2) is 5.03 Å². The smallest absolute Gasteiger partial charge is 0.266 e. The van der Waals surface area contributed by atoms with E-state index >= 15 is 0 Å². The Balaban J connectivity index is 1.84. The van der Waals surface area contributed by atoms with Crippen LogP contribution in [0, 0.1) is 10.1 Å². The van der Waals surface area contributed by atoms with E-state index in [0.717, 1.165) is 18.4 Å². The van der Waals surface area contributed by atoms with Crippen molar-refractivity contribution in [3.8, 4) is 5.75 Å². The average molecular weight is 485 g/mol. The number of guanidine groups is 1. The molecule has 0 unspecified atom stereocenters. The fraction of sp³-hybridized carbons (Fsp3) is 0.375. The lowest BCUT2D eigenvalue weighted by Crippen LogP contribution is -2.47. The maximum absolute atomic E-state index is 12.8. The van der Waals surface area contributed by atoms with Gasteiger partial charge in [0.25, 0.3) is 5.96 Å². The quantitative estimate of drug-likeness (QED) is 0.0893. The van der Waals surface area contributed by atoms with Crippen LogP contribution in [0.25, 0.3) is 0 Å². The molecule has 0 radical (unpaired) electrons. The third kappa shape index (κ3) is 11.5. The number of nitrogens with one attached hydrogen (secondary N) is 3. The Labute approximate surface area is 203 Å². The van der Waals surface area contributed by atoms with Crippen LogP contribution in [0.2, 0.25) is 0 Å². The van der Waals surface area contributed by atoms with Gasteiger partial charge in [0.1, 0.15) is 16.9 Å². The number of hydrogen-bond donors (Lipinski definition) is 5. The fourth-order valence-electron chi connectivity index (χ4n) is 3.37. The minimum absolute atomic E-state index is 0.130. The second-order valence-corrected chi connectivity index (χ2v) is 7.99. The molecule has 2 aromatic carbocycles. The van der Waals surface area contributed by atoms with Gasteiger partial charge in [-0.15, -0.1) is 0 Å². The lowest BCUT2D eigenvalue weighted by Gasteiger charge is -2.19. The molecule has 11 nitrogen and oxygen atoms in total. The largest absolute Gasteiger partial charge is 0.508 e. The summed E-state index contributed by atoms with van der Waals surface area (Å²) in [6.45, 7) is 0.487. The Hall–Kier alpha value is -4.15. The maximum Gasteiger partial charge on any atom is 0.266 e. The molecule has 35 heavy (non-hydrogen) atoms. The van der Waals surface area contributed by atoms with Crippen LogP contribution in [0.4, 0.5) is 0 Å². The average Bonchev–Trinajstić information content (AvgIpc) is 2.83. The van der Waals surface area contributed by atoms with Crippen LogP contribution in [0.15, 0.2) is 59.7 Å². The van der Waals surface area contributed by atoms with Gasteiger partial charge in [-0.05, 0) is 55.4 Å². The first-order chi connectivity index (χ1) is 16.8. The molecular weight excluding hydrogens is 452 g/mol. The number of aryl methyl sites for hydroxylation is 1. The number of benzene rings is 2. The van der Waals surface area contributed by atoms with Crippen molar-refractivity contribution in [3.05, 3.63) is 75.8 Å². The van der Waals surface area contributed by atoms with Crippen LogP contribution in [-0.4, -0.2) is 40.5 Å². The Bertz CT molecular complexity index is 982. The lowest BCUT2D eigenvalue weighted by molar-refractivity contribution is -0.485. The minimum Gasteiger partial charge on any atom is -0.508 e. The maximum atomic E-state index is 12.8. The van der Waals surface area contributed by atoms with Gasteiger partial charge >= 0.3 is 0 Å². The molecule has 0 saturated carbocycles. The van der Waals surface area contributed by atoms with Gasteiger partial charge in [0, 0.05) is 19.5 Å². The summed E-state index contributed by atoms with van der Waals surface area (Å²) in [6.07, 6.45) is 3.44. The number of phenolic OH excluding ortho intramolecular Hbond substituents is 1. The van der Waals surface area contributed by atoms with Crippen molar-refractivity contribution in [3.63, 3.8) is 0 Å². The van der Waals surface area contributed by atoms with E-state index in [2.05, 4.69) is 21.1 Å². The molecule has 0 bridgehead atoms. The number of rotatable bonds is 14. The van der Waals surface area contributed by atoms with Gasteiger partial charge in [-0.2, -0.15) is 0 Å². The van der Waals surface area contributed by atoms with E-state index in [1.54, 1.807) is 12.1 Å². The van der Waals surface area contributed by atoms with Crippen LogP contribution in [0.1, 0.15) is 43.2 Å². The van der Waals surface area contributed by atoms with E-state index in [-0.39, 0.29) is 36.6 Å². The Morgan fingerprint density at radius 3 is 2.40 bits per heavy atom. The number of nitro groups is 1. The summed E-state index contributed by atoms with van der Waals surface area (Å²) < 4.78 is 0. The van der Waals surface area contributed by atoms with Gasteiger partial charge in [0.05, 0.1) is 0 Å². The first-order valence-electron chi connectivity index (χ1n) is 11.4. The van der Waals surface area contributed by atoms with Crippen molar-refractivity contribution in [1.29, 1.82) is 0 Å². The monoisotopic (exact) mass is 484 g/mol. The molecule has 0 aromatic heterocycles. The molecule has 2 amide bonds. The van der Waals surface area contributed by atoms with Crippen molar-refractivity contribution in [1.82, 2.24) is 16.0 Å². The van der Waals surface area contributed by atoms with E-state index in [9.17, 15) is 24.8 Å². The molecule has 2 rings (SSSR count). The van der Waals surface area contributed by atoms with Crippen molar-refractivity contribution in [2.24, 2.45) is 10.8 Å². The molecule has 0 heterocycles. The van der Waals surface area contributed by atoms with Crippen LogP contribution in [-0.2, 0) is 22.6 Å². The summed E-state index contributed by atoms with van der Waals surface area (Å²) in [5.41, 5.74) is 7.41. The zero-order chi connectivity index (χ0) is 25.5. The molecule has 0 aliphatic rings. The fourth-order valence-corrected chi connectivity index (χ4v) is 3.37. The van der Waals surface area contributed by atoms with E-state index in [1.807, 2.05) is 30.3 Å². The molecule has 2 aromatic rings. The summed E-state index contributed by atoms with van der Waals surface area (Å²) >= 11 is 0. The Morgan fingerprint density at radius 2 is 1.71 bits per heavy atom. The zero-order valence-corrected chi connectivity index (χ0v) is 19.5. The highest BCUT2D eigenvalue weighted by Crippen LogP contribution is 2.10. The molecule has 11 heteroatoms. The third-order valence-corrected chi connectivity index (χ3v) is 5.18. The highest BCUT2D eigenvalue weighted by molar-refractivity contribution is 5.87. The van der Waals surface area contributed by atoms with Crippen LogP contribution in [0.3, 0.4) is 0 Å². The standard InChI is InChI=1S/C24H32N6O5/c25-24(29-30(34)35)26-16-6-10-21(23(33)27-17-19-12-14-20(31)15-13-19)28-22(32)11-5-4-9-18-7-2-1-3-8-18/h1-3,7-8,12-15,21,31H,4-6,9-11,16-17H2,(H,27,33)(H,28,32)(H3,25,26,29)/t21-/m1/s1. The molecule has 1 atom stereocenters. The molecule has 6 N–H and O–H groups in total. The topological polar surface area (TPSA) is 172 Å². The molecule has 0 aliphatic heterocycles. The Morgan fingerprint density at radius 1 is 1.00 bits per heavy atom. The zero-order valence-electron chi connectivity index (χ0n) is 19.5. The molecule has 188 valence electrons. The summed E-state index contributed by atoms with van der Waals surface area (Å²) in [5.74, 6) is -0.761. The van der Waals surface area contributed by atoms with Gasteiger partial charge in [-0.1, -0.05) is 42.5 Å². The second kappa shape index (κ2) is 14.9. The van der Waals surface area contributed by atoms with E-state index in [1.165, 1.54) is 17.7 Å². The lowest BCUT2D eigenvalue weighted by atomic mass is 10.1. The number of aromatic hydroxyl groups is 1. The number of carbonyl (C=O) groups excluding carboxylic acids is 2. The summed E-state index contributed by atoms with van der Waals surface area (Å²) in [6, 6.07) is 15.7. The molecule has 0 spiro atoms. The number of phenols is 1. The van der Waals surface area contributed by atoms with E-state index < -0.39 is 11.1 Å². The van der Waals surface area contributed by atoms with Crippen molar-refractivity contribution in [2.45, 2.75) is 51.1 Å². The number of hydrazone groups is 1. The molecule has 0 fully saturated rings. The number of carbonyl (C=O) groups is 2. The molecular formula is C24H32N6O5. The first kappa shape index (κ1) is 27.1. The third-order valence-electron chi connectivity index (χ3n) is 5.18. The van der Waals surface area contributed by atoms with Gasteiger partial charge in [-0.3, -0.25) is 9.59 Å². The summed E-state index contributed by atoms with van der Waals surface area (Å²) in [5, 5.41) is 30.0. The van der Waals surface area contributed by atoms with Crippen molar-refractivity contribution in [2.75, 3.05) is 6.54 Å². The summed E-state index contributed by atoms with van der Waals surface area (Å²) in [7, 11) is 0. The van der Waals surface area contributed by atoms with Gasteiger partial charge in [-0.25, -0.2) is 10.1 Å². The highest BCUT2D eigenvalue weighted by atomic mass is 16.7.